The molecule has 2 aliphatic rings. The van der Waals surface area contributed by atoms with E-state index >= 15 is 0 Å². The molecule has 0 radical (unpaired) electrons. The molecule has 0 saturated heterocycles. The van der Waals surface area contributed by atoms with Crippen molar-refractivity contribution in [2.24, 2.45) is 5.92 Å². The van der Waals surface area contributed by atoms with Crippen LogP contribution in [0.1, 0.15) is 61.8 Å². The van der Waals surface area contributed by atoms with Gasteiger partial charge in [-0.25, -0.2) is 0 Å². The third-order valence-electron chi connectivity index (χ3n) is 6.09. The first kappa shape index (κ1) is 20.0. The van der Waals surface area contributed by atoms with Crippen molar-refractivity contribution in [3.63, 3.8) is 0 Å². The molecule has 2 aliphatic carbocycles. The molecule has 2 saturated carbocycles. The van der Waals surface area contributed by atoms with Crippen molar-refractivity contribution in [3.8, 4) is 0 Å². The summed E-state index contributed by atoms with van der Waals surface area (Å²) in [6.45, 7) is 0.897. The van der Waals surface area contributed by atoms with E-state index in [9.17, 15) is 18.0 Å². The molecular formula is C23H27F3N2O. The number of alkyl halides is 3. The largest absolute Gasteiger partial charge is 0.416 e. The van der Waals surface area contributed by atoms with E-state index in [1.165, 1.54) is 18.6 Å². The van der Waals surface area contributed by atoms with Gasteiger partial charge in [0.2, 0.25) is 5.91 Å². The van der Waals surface area contributed by atoms with Crippen molar-refractivity contribution in [3.05, 3.63) is 59.4 Å². The predicted molar refractivity (Wildman–Crippen MR) is 105 cm³/mol. The average molecular weight is 404 g/mol. The highest BCUT2D eigenvalue weighted by Gasteiger charge is 2.37. The molecule has 1 amide bonds. The summed E-state index contributed by atoms with van der Waals surface area (Å²) in [4.78, 5) is 15.0. The van der Waals surface area contributed by atoms with E-state index < -0.39 is 11.7 Å². The Morgan fingerprint density at radius 1 is 1.03 bits per heavy atom. The van der Waals surface area contributed by atoms with Crippen LogP contribution in [0, 0.1) is 5.92 Å². The lowest BCUT2D eigenvalue weighted by Crippen LogP contribution is -2.42. The summed E-state index contributed by atoms with van der Waals surface area (Å²) in [5.74, 6) is 0.424. The van der Waals surface area contributed by atoms with Crippen LogP contribution in [0.15, 0.2) is 42.6 Å². The summed E-state index contributed by atoms with van der Waals surface area (Å²) in [6.07, 6.45) is 5.14. The molecule has 156 valence electrons. The Labute approximate surface area is 169 Å². The number of aromatic nitrogens is 1. The first-order valence-corrected chi connectivity index (χ1v) is 10.5. The van der Waals surface area contributed by atoms with Gasteiger partial charge in [-0.1, -0.05) is 31.4 Å². The third-order valence-corrected chi connectivity index (χ3v) is 6.09. The molecular weight excluding hydrogens is 377 g/mol. The minimum atomic E-state index is -4.34. The lowest BCUT2D eigenvalue weighted by atomic mass is 9.93. The maximum absolute atomic E-state index is 13.0. The summed E-state index contributed by atoms with van der Waals surface area (Å²) >= 11 is 0. The van der Waals surface area contributed by atoms with Crippen molar-refractivity contribution in [2.45, 2.75) is 70.3 Å². The van der Waals surface area contributed by atoms with Gasteiger partial charge < -0.3 is 9.47 Å². The first-order valence-electron chi connectivity index (χ1n) is 10.5. The topological polar surface area (TPSA) is 25.2 Å². The molecule has 3 nitrogen and oxygen atoms in total. The van der Waals surface area contributed by atoms with Gasteiger partial charge in [-0.3, -0.25) is 4.79 Å². The summed E-state index contributed by atoms with van der Waals surface area (Å²) < 4.78 is 41.0. The fourth-order valence-corrected chi connectivity index (χ4v) is 4.31. The zero-order valence-electron chi connectivity index (χ0n) is 16.5. The second kappa shape index (κ2) is 8.25. The van der Waals surface area contributed by atoms with Crippen molar-refractivity contribution in [1.29, 1.82) is 0 Å². The first-order chi connectivity index (χ1) is 13.9. The number of hydrogen-bond acceptors (Lipinski definition) is 1. The molecule has 2 fully saturated rings. The van der Waals surface area contributed by atoms with Crippen LogP contribution in [-0.4, -0.2) is 21.4 Å². The van der Waals surface area contributed by atoms with Crippen LogP contribution < -0.4 is 0 Å². The van der Waals surface area contributed by atoms with E-state index in [0.717, 1.165) is 50.3 Å². The quantitative estimate of drug-likeness (QED) is 0.613. The number of amides is 1. The van der Waals surface area contributed by atoms with E-state index in [0.29, 0.717) is 18.7 Å². The van der Waals surface area contributed by atoms with Crippen LogP contribution >= 0.6 is 0 Å². The van der Waals surface area contributed by atoms with Crippen LogP contribution in [-0.2, 0) is 24.1 Å². The van der Waals surface area contributed by atoms with Gasteiger partial charge >= 0.3 is 6.18 Å². The van der Waals surface area contributed by atoms with Crippen LogP contribution in [0.3, 0.4) is 0 Å². The van der Waals surface area contributed by atoms with Gasteiger partial charge in [0.05, 0.1) is 12.1 Å². The Kier molecular flexibility index (Phi) is 5.70. The monoisotopic (exact) mass is 404 g/mol. The fourth-order valence-electron chi connectivity index (χ4n) is 4.31. The van der Waals surface area contributed by atoms with Crippen LogP contribution in [0.4, 0.5) is 13.2 Å². The number of carbonyl (C=O) groups is 1. The van der Waals surface area contributed by atoms with Crippen molar-refractivity contribution in [1.82, 2.24) is 9.47 Å². The van der Waals surface area contributed by atoms with Gasteiger partial charge in [0.25, 0.3) is 0 Å². The molecule has 0 N–H and O–H groups in total. The molecule has 2 aromatic rings. The summed E-state index contributed by atoms with van der Waals surface area (Å²) in [6, 6.07) is 9.64. The highest BCUT2D eigenvalue weighted by molar-refractivity contribution is 5.81. The molecule has 0 atom stereocenters. The molecule has 0 unspecified atom stereocenters. The van der Waals surface area contributed by atoms with Gasteiger partial charge in [0, 0.05) is 30.4 Å². The van der Waals surface area contributed by atoms with E-state index in [2.05, 4.69) is 4.90 Å². The van der Waals surface area contributed by atoms with Crippen molar-refractivity contribution >= 4 is 5.91 Å². The van der Waals surface area contributed by atoms with Gasteiger partial charge in [0.1, 0.15) is 0 Å². The smallest absolute Gasteiger partial charge is 0.345 e. The van der Waals surface area contributed by atoms with Gasteiger partial charge in [-0.05, 0) is 55.5 Å². The number of nitrogens with zero attached hydrogens (tertiary/aromatic N) is 2. The van der Waals surface area contributed by atoms with Crippen LogP contribution in [0.5, 0.6) is 0 Å². The average Bonchev–Trinajstić information content (AvgIpc) is 3.47. The molecule has 0 aliphatic heterocycles. The lowest BCUT2D eigenvalue weighted by molar-refractivity contribution is -0.138. The van der Waals surface area contributed by atoms with Crippen molar-refractivity contribution in [2.75, 3.05) is 0 Å². The number of benzene rings is 1. The Hall–Kier alpha value is -2.24. The number of rotatable bonds is 6. The summed E-state index contributed by atoms with van der Waals surface area (Å²) in [7, 11) is 0. The second-order valence-corrected chi connectivity index (χ2v) is 8.36. The van der Waals surface area contributed by atoms with Gasteiger partial charge in [0.15, 0.2) is 0 Å². The third kappa shape index (κ3) is 4.85. The maximum Gasteiger partial charge on any atom is 0.416 e. The lowest BCUT2D eigenvalue weighted by Gasteiger charge is -2.35. The highest BCUT2D eigenvalue weighted by atomic mass is 19.4. The molecule has 1 aromatic heterocycles. The zero-order chi connectivity index (χ0) is 20.4. The SMILES string of the molecule is O=C(C1CC1)N(Cc1cccn1Cc1cccc(C(F)(F)F)c1)C1CCCCC1. The van der Waals surface area contributed by atoms with E-state index in [1.54, 1.807) is 6.07 Å². The summed E-state index contributed by atoms with van der Waals surface area (Å²) in [5.41, 5.74) is 0.952. The van der Waals surface area contributed by atoms with Crippen LogP contribution in [0.25, 0.3) is 0 Å². The zero-order valence-corrected chi connectivity index (χ0v) is 16.5. The summed E-state index contributed by atoms with van der Waals surface area (Å²) in [5, 5.41) is 0. The molecule has 29 heavy (non-hydrogen) atoms. The Bertz CT molecular complexity index is 848. The number of hydrogen-bond donors (Lipinski definition) is 0. The predicted octanol–water partition coefficient (Wildman–Crippen LogP) is 5.63. The maximum atomic E-state index is 13.0. The Morgan fingerprint density at radius 3 is 2.48 bits per heavy atom. The molecule has 4 rings (SSSR count). The Balaban J connectivity index is 1.52. The molecule has 6 heteroatoms. The normalized spacial score (nSPS) is 18.0. The number of halogens is 3. The minimum Gasteiger partial charge on any atom is -0.345 e. The molecule has 1 aromatic carbocycles. The highest BCUT2D eigenvalue weighted by Crippen LogP contribution is 2.35. The number of carbonyl (C=O) groups excluding carboxylic acids is 1. The standard InChI is InChI=1S/C23H27F3N2O/c24-23(25,26)19-7-4-6-17(14-19)15-27-13-5-10-21(27)16-28(22(29)18-11-12-18)20-8-2-1-3-9-20/h4-7,10,13-14,18,20H,1-3,8-9,11-12,15-16H2. The van der Waals surface area contributed by atoms with Gasteiger partial charge in [-0.15, -0.1) is 0 Å². The second-order valence-electron chi connectivity index (χ2n) is 8.36. The fraction of sp³-hybridized carbons (Fsp3) is 0.522. The van der Waals surface area contributed by atoms with Crippen LogP contribution in [0.2, 0.25) is 0 Å². The van der Waals surface area contributed by atoms with Gasteiger partial charge in [-0.2, -0.15) is 13.2 Å². The minimum absolute atomic E-state index is 0.170. The molecule has 0 bridgehead atoms. The van der Waals surface area contributed by atoms with Crippen molar-refractivity contribution < 1.29 is 18.0 Å². The molecule has 1 heterocycles. The molecule has 0 spiro atoms. The Morgan fingerprint density at radius 2 is 1.79 bits per heavy atom. The van der Waals surface area contributed by atoms with E-state index in [-0.39, 0.29) is 17.9 Å². The van der Waals surface area contributed by atoms with E-state index in [4.69, 9.17) is 0 Å². The van der Waals surface area contributed by atoms with E-state index in [1.807, 2.05) is 22.9 Å².